The largest absolute Gasteiger partial charge is 0.334 e. The third-order valence-corrected chi connectivity index (χ3v) is 3.93. The maximum absolute atomic E-state index is 6.25. The van der Waals surface area contributed by atoms with Gasteiger partial charge in [-0.2, -0.15) is 4.98 Å². The van der Waals surface area contributed by atoms with Gasteiger partial charge in [0.1, 0.15) is 0 Å². The summed E-state index contributed by atoms with van der Waals surface area (Å²) < 4.78 is 6.24. The van der Waals surface area contributed by atoms with Crippen molar-refractivity contribution in [3.05, 3.63) is 34.6 Å². The van der Waals surface area contributed by atoms with Gasteiger partial charge in [0.2, 0.25) is 0 Å². The fourth-order valence-corrected chi connectivity index (χ4v) is 2.19. The Hall–Kier alpha value is -1.20. The first kappa shape index (κ1) is 13.2. The third kappa shape index (κ3) is 2.33. The Labute approximate surface area is 115 Å². The summed E-state index contributed by atoms with van der Waals surface area (Å²) in [6, 6.07) is 7.74. The van der Waals surface area contributed by atoms with Gasteiger partial charge in [0.15, 0.2) is 5.82 Å². The van der Waals surface area contributed by atoms with Gasteiger partial charge in [0.25, 0.3) is 5.89 Å². The molecular formula is C13H16BrN3O. The molecule has 0 aliphatic rings. The van der Waals surface area contributed by atoms with Gasteiger partial charge < -0.3 is 10.3 Å². The summed E-state index contributed by atoms with van der Waals surface area (Å²) in [6.07, 6.45) is 1.55. The summed E-state index contributed by atoms with van der Waals surface area (Å²) in [5, 5.41) is 4.02. The number of benzene rings is 1. The fraction of sp³-hybridized carbons (Fsp3) is 0.385. The van der Waals surface area contributed by atoms with Crippen LogP contribution in [-0.4, -0.2) is 10.1 Å². The van der Waals surface area contributed by atoms with E-state index in [9.17, 15) is 0 Å². The minimum atomic E-state index is -0.511. The van der Waals surface area contributed by atoms with Gasteiger partial charge in [-0.3, -0.25) is 0 Å². The van der Waals surface area contributed by atoms with Crippen LogP contribution in [0.2, 0.25) is 0 Å². The Morgan fingerprint density at radius 2 is 1.94 bits per heavy atom. The van der Waals surface area contributed by atoms with E-state index in [2.05, 4.69) is 26.1 Å². The van der Waals surface area contributed by atoms with Crippen LogP contribution in [0.5, 0.6) is 0 Å². The van der Waals surface area contributed by atoms with Gasteiger partial charge in [-0.15, -0.1) is 0 Å². The average molecular weight is 310 g/mol. The van der Waals surface area contributed by atoms with Crippen molar-refractivity contribution in [1.29, 1.82) is 0 Å². The zero-order valence-corrected chi connectivity index (χ0v) is 12.1. The highest BCUT2D eigenvalue weighted by Gasteiger charge is 2.29. The first-order valence-electron chi connectivity index (χ1n) is 5.98. The minimum absolute atomic E-state index is 0.495. The average Bonchev–Trinajstić information content (AvgIpc) is 2.88. The lowest BCUT2D eigenvalue weighted by molar-refractivity contribution is 0.350. The summed E-state index contributed by atoms with van der Waals surface area (Å²) in [6.45, 7) is 4.05. The molecule has 5 heteroatoms. The van der Waals surface area contributed by atoms with Crippen molar-refractivity contribution in [2.75, 3.05) is 0 Å². The highest BCUT2D eigenvalue weighted by Crippen LogP contribution is 2.29. The molecule has 4 nitrogen and oxygen atoms in total. The number of rotatable bonds is 4. The monoisotopic (exact) mass is 309 g/mol. The molecule has 0 radical (unpaired) electrons. The van der Waals surface area contributed by atoms with Crippen LogP contribution in [0.4, 0.5) is 0 Å². The van der Waals surface area contributed by atoms with Crippen LogP contribution in [0.15, 0.2) is 33.3 Å². The molecule has 0 saturated heterocycles. The summed E-state index contributed by atoms with van der Waals surface area (Å²) in [7, 11) is 0. The fourth-order valence-electron chi connectivity index (χ4n) is 1.74. The first-order valence-corrected chi connectivity index (χ1v) is 6.78. The molecule has 1 heterocycles. The van der Waals surface area contributed by atoms with Gasteiger partial charge in [-0.1, -0.05) is 31.1 Å². The molecule has 2 N–H and O–H groups in total. The Morgan fingerprint density at radius 1 is 1.28 bits per heavy atom. The van der Waals surface area contributed by atoms with E-state index in [-0.39, 0.29) is 0 Å². The first-order chi connectivity index (χ1) is 8.60. The lowest BCUT2D eigenvalue weighted by atomic mass is 9.93. The van der Waals surface area contributed by atoms with Crippen molar-refractivity contribution in [3.8, 4) is 11.5 Å². The molecule has 0 unspecified atom stereocenters. The van der Waals surface area contributed by atoms with Crippen molar-refractivity contribution in [2.45, 2.75) is 32.2 Å². The number of nitrogens with zero attached hydrogens (tertiary/aromatic N) is 2. The number of hydrogen-bond donors (Lipinski definition) is 1. The molecule has 0 aliphatic carbocycles. The van der Waals surface area contributed by atoms with E-state index in [0.29, 0.717) is 11.7 Å². The molecule has 0 saturated carbocycles. The van der Waals surface area contributed by atoms with E-state index in [1.54, 1.807) is 0 Å². The van der Waals surface area contributed by atoms with Gasteiger partial charge >= 0.3 is 0 Å². The van der Waals surface area contributed by atoms with Crippen LogP contribution < -0.4 is 5.73 Å². The van der Waals surface area contributed by atoms with Crippen molar-refractivity contribution < 1.29 is 4.52 Å². The maximum atomic E-state index is 6.25. The van der Waals surface area contributed by atoms with Gasteiger partial charge in [-0.05, 0) is 40.9 Å². The molecule has 2 rings (SSSR count). The van der Waals surface area contributed by atoms with Crippen molar-refractivity contribution in [2.24, 2.45) is 5.73 Å². The highest BCUT2D eigenvalue weighted by atomic mass is 79.9. The number of hydrogen-bond acceptors (Lipinski definition) is 4. The predicted octanol–water partition coefficient (Wildman–Crippen LogP) is 3.47. The van der Waals surface area contributed by atoms with Crippen LogP contribution in [0, 0.1) is 0 Å². The molecule has 96 valence electrons. The molecule has 2 aromatic rings. The van der Waals surface area contributed by atoms with Crippen molar-refractivity contribution in [1.82, 2.24) is 10.1 Å². The van der Waals surface area contributed by atoms with E-state index in [4.69, 9.17) is 10.3 Å². The maximum Gasteiger partial charge on any atom is 0.259 e. The molecule has 1 aromatic heterocycles. The molecule has 0 atom stereocenters. The predicted molar refractivity (Wildman–Crippen MR) is 73.9 cm³/mol. The summed E-state index contributed by atoms with van der Waals surface area (Å²) in [4.78, 5) is 4.42. The molecule has 0 bridgehead atoms. The normalized spacial score (nSPS) is 11.8. The summed E-state index contributed by atoms with van der Waals surface area (Å²) >= 11 is 3.47. The SMILES string of the molecule is CCC(N)(CC)c1noc(-c2ccccc2Br)n1. The Bertz CT molecular complexity index is 535. The number of halogens is 1. The lowest BCUT2D eigenvalue weighted by Gasteiger charge is -2.21. The standard InChI is InChI=1S/C13H16BrN3O/c1-3-13(15,4-2)12-16-11(18-17-12)9-7-5-6-8-10(9)14/h5-8H,3-4,15H2,1-2H3. The summed E-state index contributed by atoms with van der Waals surface area (Å²) in [5.41, 5.74) is 6.62. The van der Waals surface area contributed by atoms with Crippen LogP contribution in [0.3, 0.4) is 0 Å². The zero-order valence-electron chi connectivity index (χ0n) is 10.5. The molecule has 0 spiro atoms. The molecule has 1 aromatic carbocycles. The molecular weight excluding hydrogens is 294 g/mol. The van der Waals surface area contributed by atoms with E-state index in [1.165, 1.54) is 0 Å². The molecule has 0 fully saturated rings. The van der Waals surface area contributed by atoms with E-state index >= 15 is 0 Å². The van der Waals surface area contributed by atoms with E-state index in [1.807, 2.05) is 38.1 Å². The molecule has 0 aliphatic heterocycles. The second kappa shape index (κ2) is 5.20. The Morgan fingerprint density at radius 3 is 2.56 bits per heavy atom. The highest BCUT2D eigenvalue weighted by molar-refractivity contribution is 9.10. The van der Waals surface area contributed by atoms with E-state index in [0.717, 1.165) is 22.9 Å². The summed E-state index contributed by atoms with van der Waals surface area (Å²) in [5.74, 6) is 1.06. The Balaban J connectivity index is 2.40. The zero-order chi connectivity index (χ0) is 13.2. The van der Waals surface area contributed by atoms with Gasteiger partial charge in [0, 0.05) is 4.47 Å². The van der Waals surface area contributed by atoms with Crippen LogP contribution >= 0.6 is 15.9 Å². The van der Waals surface area contributed by atoms with E-state index < -0.39 is 5.54 Å². The van der Waals surface area contributed by atoms with Crippen LogP contribution in [0.25, 0.3) is 11.5 Å². The topological polar surface area (TPSA) is 64.9 Å². The lowest BCUT2D eigenvalue weighted by Crippen LogP contribution is -2.36. The second-order valence-electron chi connectivity index (χ2n) is 4.27. The third-order valence-electron chi connectivity index (χ3n) is 3.24. The van der Waals surface area contributed by atoms with Crippen molar-refractivity contribution >= 4 is 15.9 Å². The second-order valence-corrected chi connectivity index (χ2v) is 5.12. The number of nitrogens with two attached hydrogens (primary N) is 1. The van der Waals surface area contributed by atoms with Gasteiger partial charge in [0.05, 0.1) is 11.1 Å². The van der Waals surface area contributed by atoms with Crippen molar-refractivity contribution in [3.63, 3.8) is 0 Å². The van der Waals surface area contributed by atoms with Gasteiger partial charge in [-0.25, -0.2) is 0 Å². The molecule has 0 amide bonds. The van der Waals surface area contributed by atoms with Crippen LogP contribution in [-0.2, 0) is 5.54 Å². The Kier molecular flexibility index (Phi) is 3.82. The smallest absolute Gasteiger partial charge is 0.259 e. The quantitative estimate of drug-likeness (QED) is 0.939. The minimum Gasteiger partial charge on any atom is -0.334 e. The number of aromatic nitrogens is 2. The molecule has 18 heavy (non-hydrogen) atoms. The van der Waals surface area contributed by atoms with Crippen LogP contribution in [0.1, 0.15) is 32.5 Å².